The quantitative estimate of drug-likeness (QED) is 0.539. The number of ether oxygens (including phenoxy) is 1. The van der Waals surface area contributed by atoms with E-state index >= 15 is 0 Å². The fraction of sp³-hybridized carbons (Fsp3) is 0.316. The summed E-state index contributed by atoms with van der Waals surface area (Å²) < 4.78 is 11.2. The fourth-order valence-corrected chi connectivity index (χ4v) is 3.33. The maximum atomic E-state index is 12.2. The van der Waals surface area contributed by atoms with Crippen molar-refractivity contribution < 1.29 is 18.8 Å². The number of nitrogens with one attached hydrogen (secondary N) is 2. The van der Waals surface area contributed by atoms with Gasteiger partial charge < -0.3 is 14.6 Å². The molecule has 26 heavy (non-hydrogen) atoms. The summed E-state index contributed by atoms with van der Waals surface area (Å²) in [7, 11) is 1.88. The van der Waals surface area contributed by atoms with Crippen LogP contribution in [-0.2, 0) is 9.59 Å². The lowest BCUT2D eigenvalue weighted by Crippen LogP contribution is -2.39. The third kappa shape index (κ3) is 2.90. The molecule has 1 saturated heterocycles. The molecular formula is C19H19N3O4. The van der Waals surface area contributed by atoms with Crippen LogP contribution in [0.1, 0.15) is 24.5 Å². The molecule has 0 unspecified atom stereocenters. The number of nitrogens with zero attached hydrogens (tertiary/aromatic N) is 1. The number of fused-ring (bicyclic) bond motifs is 3. The van der Waals surface area contributed by atoms with Gasteiger partial charge in [0, 0.05) is 13.0 Å². The lowest BCUT2D eigenvalue weighted by atomic mass is 9.91. The van der Waals surface area contributed by atoms with Gasteiger partial charge in [-0.3, -0.25) is 14.9 Å². The molecule has 134 valence electrons. The van der Waals surface area contributed by atoms with Crippen molar-refractivity contribution in [2.45, 2.75) is 18.8 Å². The molecule has 0 radical (unpaired) electrons. The van der Waals surface area contributed by atoms with Gasteiger partial charge in [-0.15, -0.1) is 0 Å². The second kappa shape index (κ2) is 6.76. The molecule has 1 aliphatic rings. The standard InChI is InChI=1S/C19H19N3O4/c1-20-8-9-25-12-3-4-13-11(10-12)2-6-15-17(13)18(22-26-15)14-5-7-16(23)21-19(14)24/h2-4,6,10,14,20H,5,7-9H2,1H3,(H,21,23,24)/t14-/m0/s1. The summed E-state index contributed by atoms with van der Waals surface area (Å²) in [5, 5.41) is 12.3. The van der Waals surface area contributed by atoms with E-state index in [0.29, 0.717) is 30.7 Å². The van der Waals surface area contributed by atoms with Crippen LogP contribution in [0.15, 0.2) is 34.9 Å². The second-order valence-corrected chi connectivity index (χ2v) is 6.35. The molecule has 0 spiro atoms. The van der Waals surface area contributed by atoms with Gasteiger partial charge in [0.05, 0.1) is 11.3 Å². The third-order valence-corrected chi connectivity index (χ3v) is 4.64. The fourth-order valence-electron chi connectivity index (χ4n) is 3.33. The number of carbonyl (C=O) groups is 2. The zero-order valence-corrected chi connectivity index (χ0v) is 14.4. The molecule has 2 N–H and O–H groups in total. The van der Waals surface area contributed by atoms with E-state index in [2.05, 4.69) is 15.8 Å². The molecule has 7 heteroatoms. The molecule has 0 bridgehead atoms. The van der Waals surface area contributed by atoms with Gasteiger partial charge in [-0.05, 0) is 48.5 Å². The monoisotopic (exact) mass is 353 g/mol. The molecule has 0 saturated carbocycles. The van der Waals surface area contributed by atoms with Gasteiger partial charge in [0.2, 0.25) is 11.8 Å². The highest BCUT2D eigenvalue weighted by molar-refractivity contribution is 6.10. The minimum absolute atomic E-state index is 0.243. The van der Waals surface area contributed by atoms with Crippen molar-refractivity contribution in [3.63, 3.8) is 0 Å². The molecule has 1 fully saturated rings. The van der Waals surface area contributed by atoms with Crippen molar-refractivity contribution in [2.24, 2.45) is 0 Å². The Morgan fingerprint density at radius 2 is 2.19 bits per heavy atom. The number of aromatic nitrogens is 1. The highest BCUT2D eigenvalue weighted by Gasteiger charge is 2.32. The number of piperidine rings is 1. The number of benzene rings is 2. The van der Waals surface area contributed by atoms with E-state index in [1.54, 1.807) is 0 Å². The lowest BCUT2D eigenvalue weighted by molar-refractivity contribution is -0.134. The number of imide groups is 1. The molecule has 2 heterocycles. The van der Waals surface area contributed by atoms with Crippen LogP contribution in [0.3, 0.4) is 0 Å². The van der Waals surface area contributed by atoms with Crippen molar-refractivity contribution in [1.29, 1.82) is 0 Å². The number of carbonyl (C=O) groups excluding carboxylic acids is 2. The predicted molar refractivity (Wildman–Crippen MR) is 96.1 cm³/mol. The van der Waals surface area contributed by atoms with Crippen LogP contribution in [0.2, 0.25) is 0 Å². The minimum Gasteiger partial charge on any atom is -0.492 e. The summed E-state index contributed by atoms with van der Waals surface area (Å²) in [6.45, 7) is 1.35. The first-order chi connectivity index (χ1) is 12.7. The molecule has 3 aromatic rings. The van der Waals surface area contributed by atoms with Crippen LogP contribution in [0.25, 0.3) is 21.7 Å². The van der Waals surface area contributed by atoms with E-state index in [-0.39, 0.29) is 11.8 Å². The molecule has 1 atom stereocenters. The van der Waals surface area contributed by atoms with Crippen LogP contribution < -0.4 is 15.4 Å². The Hall–Kier alpha value is -2.93. The molecule has 2 aromatic carbocycles. The third-order valence-electron chi connectivity index (χ3n) is 4.64. The van der Waals surface area contributed by atoms with E-state index in [1.807, 2.05) is 37.4 Å². The molecule has 1 aliphatic heterocycles. The summed E-state index contributed by atoms with van der Waals surface area (Å²) in [5.74, 6) is -0.259. The summed E-state index contributed by atoms with van der Waals surface area (Å²) in [5.41, 5.74) is 1.21. The van der Waals surface area contributed by atoms with Crippen LogP contribution >= 0.6 is 0 Å². The Morgan fingerprint density at radius 1 is 1.31 bits per heavy atom. The van der Waals surface area contributed by atoms with Crippen molar-refractivity contribution >= 4 is 33.6 Å². The summed E-state index contributed by atoms with van der Waals surface area (Å²) in [6.07, 6.45) is 0.743. The second-order valence-electron chi connectivity index (χ2n) is 6.35. The van der Waals surface area contributed by atoms with Crippen LogP contribution in [0, 0.1) is 0 Å². The van der Waals surface area contributed by atoms with Crippen molar-refractivity contribution in [2.75, 3.05) is 20.2 Å². The number of rotatable bonds is 5. The average molecular weight is 353 g/mol. The molecule has 0 aliphatic carbocycles. The Labute approximate surface area is 149 Å². The molecule has 1 aromatic heterocycles. The first-order valence-electron chi connectivity index (χ1n) is 8.60. The zero-order valence-electron chi connectivity index (χ0n) is 14.4. The van der Waals surface area contributed by atoms with Crippen molar-refractivity contribution in [3.05, 3.63) is 36.0 Å². The first-order valence-corrected chi connectivity index (χ1v) is 8.60. The minimum atomic E-state index is -0.480. The van der Waals surface area contributed by atoms with E-state index in [4.69, 9.17) is 9.26 Å². The Morgan fingerprint density at radius 3 is 3.00 bits per heavy atom. The SMILES string of the molecule is CNCCOc1ccc2c(ccc3onc([C@@H]4CCC(=O)NC4=O)c32)c1. The lowest BCUT2D eigenvalue weighted by Gasteiger charge is -2.19. The maximum Gasteiger partial charge on any atom is 0.235 e. The first kappa shape index (κ1) is 16.5. The Bertz CT molecular complexity index is 995. The predicted octanol–water partition coefficient (Wildman–Crippen LogP) is 2.10. The van der Waals surface area contributed by atoms with Gasteiger partial charge in [0.1, 0.15) is 18.1 Å². The van der Waals surface area contributed by atoms with Gasteiger partial charge in [-0.1, -0.05) is 11.2 Å². The number of hydrogen-bond acceptors (Lipinski definition) is 6. The van der Waals surface area contributed by atoms with Gasteiger partial charge in [-0.2, -0.15) is 0 Å². The van der Waals surface area contributed by atoms with E-state index in [9.17, 15) is 9.59 Å². The van der Waals surface area contributed by atoms with Crippen molar-refractivity contribution in [3.8, 4) is 5.75 Å². The van der Waals surface area contributed by atoms with Crippen LogP contribution in [-0.4, -0.2) is 37.2 Å². The average Bonchev–Trinajstić information content (AvgIpc) is 3.06. The molecular weight excluding hydrogens is 334 g/mol. The number of likely N-dealkylation sites (N-methyl/N-ethyl adjacent to an activating group) is 1. The van der Waals surface area contributed by atoms with Gasteiger partial charge in [0.25, 0.3) is 0 Å². The topological polar surface area (TPSA) is 93.5 Å². The van der Waals surface area contributed by atoms with Gasteiger partial charge >= 0.3 is 0 Å². The highest BCUT2D eigenvalue weighted by Crippen LogP contribution is 2.36. The van der Waals surface area contributed by atoms with Crippen LogP contribution in [0.5, 0.6) is 5.75 Å². The largest absolute Gasteiger partial charge is 0.492 e. The maximum absolute atomic E-state index is 12.2. The summed E-state index contributed by atoms with van der Waals surface area (Å²) in [6, 6.07) is 9.61. The number of amides is 2. The molecule has 2 amide bonds. The molecule has 4 rings (SSSR count). The van der Waals surface area contributed by atoms with E-state index < -0.39 is 5.92 Å². The van der Waals surface area contributed by atoms with Crippen molar-refractivity contribution in [1.82, 2.24) is 15.8 Å². The molecule has 7 nitrogen and oxygen atoms in total. The summed E-state index contributed by atoms with van der Waals surface area (Å²) in [4.78, 5) is 23.7. The Balaban J connectivity index is 1.75. The smallest absolute Gasteiger partial charge is 0.235 e. The highest BCUT2D eigenvalue weighted by atomic mass is 16.5. The summed E-state index contributed by atoms with van der Waals surface area (Å²) >= 11 is 0. The normalized spacial score (nSPS) is 17.7. The number of hydrogen-bond donors (Lipinski definition) is 2. The van der Waals surface area contributed by atoms with Gasteiger partial charge in [0.15, 0.2) is 5.58 Å². The van der Waals surface area contributed by atoms with E-state index in [0.717, 1.165) is 28.5 Å². The zero-order chi connectivity index (χ0) is 18.1. The van der Waals surface area contributed by atoms with Gasteiger partial charge in [-0.25, -0.2) is 0 Å². The van der Waals surface area contributed by atoms with Crippen LogP contribution in [0.4, 0.5) is 0 Å². The Kier molecular flexibility index (Phi) is 4.30. The van der Waals surface area contributed by atoms with E-state index in [1.165, 1.54) is 0 Å².